The molecule has 7 nitrogen and oxygen atoms in total. The zero-order valence-corrected chi connectivity index (χ0v) is 21.9. The molecule has 0 spiro atoms. The summed E-state index contributed by atoms with van der Waals surface area (Å²) in [6.45, 7) is 7.99. The van der Waals surface area contributed by atoms with Crippen LogP contribution in [0, 0.1) is 0 Å². The SMILES string of the molecule is CC(C)(C)OC(=O)c1ccc(-n2c(C3CCOCC3)cc3cc4cnn(C5CCCCO5)c4cc32)cc1. The summed E-state index contributed by atoms with van der Waals surface area (Å²) in [5.74, 6) is 0.104. The largest absolute Gasteiger partial charge is 0.456 e. The predicted molar refractivity (Wildman–Crippen MR) is 143 cm³/mol. The van der Waals surface area contributed by atoms with Crippen molar-refractivity contribution >= 4 is 27.8 Å². The summed E-state index contributed by atoms with van der Waals surface area (Å²) in [4.78, 5) is 12.6. The highest BCUT2D eigenvalue weighted by Crippen LogP contribution is 2.37. The van der Waals surface area contributed by atoms with Gasteiger partial charge in [0.05, 0.1) is 22.8 Å². The number of ether oxygens (including phenoxy) is 3. The van der Waals surface area contributed by atoms with Gasteiger partial charge < -0.3 is 18.8 Å². The van der Waals surface area contributed by atoms with Crippen molar-refractivity contribution in [2.75, 3.05) is 19.8 Å². The number of carbonyl (C=O) groups excluding carboxylic acids is 1. The Bertz CT molecular complexity index is 1420. The Morgan fingerprint density at radius 3 is 2.43 bits per heavy atom. The normalized spacial score (nSPS) is 19.5. The van der Waals surface area contributed by atoms with Crippen molar-refractivity contribution in [1.82, 2.24) is 14.3 Å². The number of hydrogen-bond donors (Lipinski definition) is 0. The van der Waals surface area contributed by atoms with Crippen LogP contribution in [-0.2, 0) is 14.2 Å². The molecule has 0 radical (unpaired) electrons. The first kappa shape index (κ1) is 24.2. The lowest BCUT2D eigenvalue weighted by Crippen LogP contribution is -2.23. The number of hydrogen-bond acceptors (Lipinski definition) is 5. The van der Waals surface area contributed by atoms with E-state index in [1.54, 1.807) is 0 Å². The van der Waals surface area contributed by atoms with Crippen LogP contribution >= 0.6 is 0 Å². The van der Waals surface area contributed by atoms with Gasteiger partial charge in [-0.2, -0.15) is 5.10 Å². The van der Waals surface area contributed by atoms with E-state index in [0.29, 0.717) is 11.5 Å². The molecule has 6 rings (SSSR count). The molecule has 0 saturated carbocycles. The van der Waals surface area contributed by atoms with Gasteiger partial charge in [-0.05, 0) is 95.3 Å². The van der Waals surface area contributed by atoms with Crippen LogP contribution in [0.15, 0.2) is 48.7 Å². The summed E-state index contributed by atoms with van der Waals surface area (Å²) >= 11 is 0. The Kier molecular flexibility index (Phi) is 6.29. The molecule has 2 aliphatic heterocycles. The van der Waals surface area contributed by atoms with Crippen LogP contribution in [0.4, 0.5) is 0 Å². The second kappa shape index (κ2) is 9.62. The predicted octanol–water partition coefficient (Wildman–Crippen LogP) is 6.53. The van der Waals surface area contributed by atoms with E-state index in [-0.39, 0.29) is 12.2 Å². The molecule has 2 aromatic heterocycles. The molecule has 1 atom stereocenters. The van der Waals surface area contributed by atoms with E-state index >= 15 is 0 Å². The van der Waals surface area contributed by atoms with Crippen LogP contribution in [0.2, 0.25) is 0 Å². The topological polar surface area (TPSA) is 67.5 Å². The Balaban J connectivity index is 1.46. The van der Waals surface area contributed by atoms with Crippen LogP contribution in [-0.4, -0.2) is 45.7 Å². The van der Waals surface area contributed by atoms with Crippen LogP contribution in [0.3, 0.4) is 0 Å². The highest BCUT2D eigenvalue weighted by Gasteiger charge is 2.25. The van der Waals surface area contributed by atoms with E-state index in [2.05, 4.69) is 22.8 Å². The maximum absolute atomic E-state index is 12.6. The van der Waals surface area contributed by atoms with E-state index in [9.17, 15) is 4.79 Å². The van der Waals surface area contributed by atoms with Crippen LogP contribution in [0.25, 0.3) is 27.5 Å². The maximum Gasteiger partial charge on any atom is 0.338 e. The lowest BCUT2D eigenvalue weighted by Gasteiger charge is -2.24. The number of rotatable bonds is 4. The van der Waals surface area contributed by atoms with Gasteiger partial charge in [-0.3, -0.25) is 0 Å². The lowest BCUT2D eigenvalue weighted by molar-refractivity contribution is -0.0366. The number of esters is 1. The first-order valence-electron chi connectivity index (χ1n) is 13.4. The van der Waals surface area contributed by atoms with Crippen molar-refractivity contribution in [3.63, 3.8) is 0 Å². The number of aromatic nitrogens is 3. The second-order valence-corrected chi connectivity index (χ2v) is 11.2. The minimum atomic E-state index is -0.529. The molecule has 0 N–H and O–H groups in total. The van der Waals surface area contributed by atoms with Crippen molar-refractivity contribution in [2.45, 2.75) is 70.6 Å². The molecule has 4 aromatic rings. The van der Waals surface area contributed by atoms with Crippen molar-refractivity contribution in [2.24, 2.45) is 0 Å². The Labute approximate surface area is 217 Å². The van der Waals surface area contributed by atoms with Crippen molar-refractivity contribution in [1.29, 1.82) is 0 Å². The first-order chi connectivity index (χ1) is 17.9. The van der Waals surface area contributed by atoms with Gasteiger partial charge in [0, 0.05) is 47.9 Å². The summed E-state index contributed by atoms with van der Waals surface area (Å²) in [6.07, 6.45) is 7.17. The molecule has 1 unspecified atom stereocenters. The van der Waals surface area contributed by atoms with Crippen LogP contribution < -0.4 is 0 Å². The van der Waals surface area contributed by atoms with Gasteiger partial charge in [0.25, 0.3) is 0 Å². The summed E-state index contributed by atoms with van der Waals surface area (Å²) in [6, 6.07) is 14.6. The molecule has 2 fully saturated rings. The molecule has 2 aliphatic rings. The highest BCUT2D eigenvalue weighted by atomic mass is 16.6. The number of benzene rings is 2. The summed E-state index contributed by atoms with van der Waals surface area (Å²) < 4.78 is 21.7. The van der Waals surface area contributed by atoms with Crippen molar-refractivity contribution in [3.05, 3.63) is 59.9 Å². The van der Waals surface area contributed by atoms with Crippen molar-refractivity contribution < 1.29 is 19.0 Å². The van der Waals surface area contributed by atoms with Gasteiger partial charge in [-0.25, -0.2) is 9.48 Å². The fourth-order valence-corrected chi connectivity index (χ4v) is 5.58. The first-order valence-corrected chi connectivity index (χ1v) is 13.4. The molecular weight excluding hydrogens is 466 g/mol. The average molecular weight is 502 g/mol. The number of nitrogens with zero attached hydrogens (tertiary/aromatic N) is 3. The van der Waals surface area contributed by atoms with Crippen LogP contribution in [0.5, 0.6) is 0 Å². The van der Waals surface area contributed by atoms with Gasteiger partial charge in [0.1, 0.15) is 5.60 Å². The maximum atomic E-state index is 12.6. The second-order valence-electron chi connectivity index (χ2n) is 11.2. The molecule has 0 aliphatic carbocycles. The fraction of sp³-hybridized carbons (Fsp3) is 0.467. The van der Waals surface area contributed by atoms with Crippen molar-refractivity contribution in [3.8, 4) is 5.69 Å². The fourth-order valence-electron chi connectivity index (χ4n) is 5.58. The molecule has 2 aromatic carbocycles. The quantitative estimate of drug-likeness (QED) is 0.298. The molecule has 37 heavy (non-hydrogen) atoms. The highest BCUT2D eigenvalue weighted by molar-refractivity contribution is 5.97. The van der Waals surface area contributed by atoms with Gasteiger partial charge in [-0.15, -0.1) is 0 Å². The van der Waals surface area contributed by atoms with E-state index in [1.807, 2.05) is 55.9 Å². The van der Waals surface area contributed by atoms with E-state index in [4.69, 9.17) is 19.3 Å². The molecule has 194 valence electrons. The Morgan fingerprint density at radius 1 is 0.946 bits per heavy atom. The Hall–Kier alpha value is -3.16. The molecular formula is C30H35N3O4. The summed E-state index contributed by atoms with van der Waals surface area (Å²) in [7, 11) is 0. The molecule has 0 amide bonds. The molecule has 0 bridgehead atoms. The third-order valence-corrected chi connectivity index (χ3v) is 7.37. The smallest absolute Gasteiger partial charge is 0.338 e. The third kappa shape index (κ3) is 4.78. The zero-order chi connectivity index (χ0) is 25.6. The van der Waals surface area contributed by atoms with Gasteiger partial charge in [0.15, 0.2) is 6.23 Å². The van der Waals surface area contributed by atoms with E-state index in [0.717, 1.165) is 74.0 Å². The van der Waals surface area contributed by atoms with E-state index in [1.165, 1.54) is 11.1 Å². The van der Waals surface area contributed by atoms with Gasteiger partial charge in [0.2, 0.25) is 0 Å². The lowest BCUT2D eigenvalue weighted by atomic mass is 9.96. The molecule has 4 heterocycles. The Morgan fingerprint density at radius 2 is 1.73 bits per heavy atom. The number of carbonyl (C=O) groups is 1. The molecule has 2 saturated heterocycles. The van der Waals surface area contributed by atoms with Crippen LogP contribution in [0.1, 0.15) is 81.1 Å². The summed E-state index contributed by atoms with van der Waals surface area (Å²) in [5, 5.41) is 7.02. The minimum Gasteiger partial charge on any atom is -0.456 e. The standard InChI is InChI=1S/C30H35N3O4/c1-30(2,3)37-29(34)21-7-9-24(10-8-21)32-25(20-11-14-35-15-12-20)17-22-16-23-19-31-33(27(23)18-26(22)32)28-6-4-5-13-36-28/h7-10,16-20,28H,4-6,11-15H2,1-3H3. The monoisotopic (exact) mass is 501 g/mol. The zero-order valence-electron chi connectivity index (χ0n) is 21.9. The van der Waals surface area contributed by atoms with E-state index < -0.39 is 5.60 Å². The summed E-state index contributed by atoms with van der Waals surface area (Å²) in [5.41, 5.74) is 4.56. The van der Waals surface area contributed by atoms with Gasteiger partial charge >= 0.3 is 5.97 Å². The number of fused-ring (bicyclic) bond motifs is 2. The van der Waals surface area contributed by atoms with Gasteiger partial charge in [-0.1, -0.05) is 0 Å². The minimum absolute atomic E-state index is 0.0183. The molecule has 7 heteroatoms. The third-order valence-electron chi connectivity index (χ3n) is 7.37. The average Bonchev–Trinajstić information content (AvgIpc) is 3.48.